The fourth-order valence-corrected chi connectivity index (χ4v) is 2.14. The Morgan fingerprint density at radius 1 is 0.944 bits per heavy atom. The first-order valence-corrected chi connectivity index (χ1v) is 5.56. The molecule has 0 unspecified atom stereocenters. The van der Waals surface area contributed by atoms with Crippen molar-refractivity contribution in [1.29, 1.82) is 0 Å². The van der Waals surface area contributed by atoms with Gasteiger partial charge in [-0.15, -0.1) is 0 Å². The van der Waals surface area contributed by atoms with Crippen molar-refractivity contribution >= 4 is 11.6 Å². The molecule has 1 aliphatic rings. The average molecular weight is 246 g/mol. The maximum Gasteiger partial charge on any atom is 0.171 e. The second kappa shape index (κ2) is 4.64. The first-order valence-electron chi connectivity index (χ1n) is 5.56. The van der Waals surface area contributed by atoms with Gasteiger partial charge >= 0.3 is 0 Å². The summed E-state index contributed by atoms with van der Waals surface area (Å²) in [7, 11) is 3.02. The summed E-state index contributed by atoms with van der Waals surface area (Å²) in [6, 6.07) is 3.58. The lowest BCUT2D eigenvalue weighted by Gasteiger charge is -2.17. The van der Waals surface area contributed by atoms with E-state index >= 15 is 0 Å². The molecule has 0 saturated heterocycles. The molecule has 0 aromatic heterocycles. The monoisotopic (exact) mass is 246 g/mol. The number of methoxy groups -OCH3 is 2. The summed E-state index contributed by atoms with van der Waals surface area (Å²) in [5.41, 5.74) is 1.45. The molecule has 0 spiro atoms. The standard InChI is InChI=1S/C14H14O4/c1-8-6-11(17-2)14(12(7-8)18-3)13-9(15)4-5-10(13)16/h4-7,13H,1-3H3. The van der Waals surface area contributed by atoms with Crippen LogP contribution in [0.5, 0.6) is 11.5 Å². The minimum Gasteiger partial charge on any atom is -0.496 e. The molecule has 0 fully saturated rings. The zero-order valence-corrected chi connectivity index (χ0v) is 10.5. The van der Waals surface area contributed by atoms with Crippen molar-refractivity contribution in [2.45, 2.75) is 12.8 Å². The number of hydrogen-bond donors (Lipinski definition) is 0. The Kier molecular flexibility index (Phi) is 3.19. The molecule has 0 heterocycles. The van der Waals surface area contributed by atoms with Crippen molar-refractivity contribution in [3.8, 4) is 11.5 Å². The fraction of sp³-hybridized carbons (Fsp3) is 0.286. The number of allylic oxidation sites excluding steroid dienone is 2. The molecule has 94 valence electrons. The molecule has 1 aliphatic carbocycles. The molecule has 4 nitrogen and oxygen atoms in total. The molecule has 0 radical (unpaired) electrons. The molecule has 0 amide bonds. The van der Waals surface area contributed by atoms with Crippen LogP contribution in [0.25, 0.3) is 0 Å². The van der Waals surface area contributed by atoms with Gasteiger partial charge in [0, 0.05) is 0 Å². The Hall–Kier alpha value is -2.10. The molecule has 0 saturated carbocycles. The van der Waals surface area contributed by atoms with Gasteiger partial charge in [0.25, 0.3) is 0 Å². The first-order chi connectivity index (χ1) is 8.58. The van der Waals surface area contributed by atoms with E-state index in [0.717, 1.165) is 5.56 Å². The highest BCUT2D eigenvalue weighted by Crippen LogP contribution is 2.39. The molecule has 0 bridgehead atoms. The van der Waals surface area contributed by atoms with Crippen LogP contribution in [0.1, 0.15) is 17.0 Å². The molecule has 18 heavy (non-hydrogen) atoms. The zero-order chi connectivity index (χ0) is 13.3. The molecule has 0 N–H and O–H groups in total. The van der Waals surface area contributed by atoms with E-state index in [1.54, 1.807) is 12.1 Å². The van der Waals surface area contributed by atoms with Crippen LogP contribution in [0.3, 0.4) is 0 Å². The van der Waals surface area contributed by atoms with Gasteiger partial charge in [0.2, 0.25) is 0 Å². The van der Waals surface area contributed by atoms with Crippen LogP contribution < -0.4 is 9.47 Å². The predicted molar refractivity (Wildman–Crippen MR) is 66.2 cm³/mol. The van der Waals surface area contributed by atoms with Crippen molar-refractivity contribution in [3.05, 3.63) is 35.4 Å². The largest absolute Gasteiger partial charge is 0.496 e. The van der Waals surface area contributed by atoms with Gasteiger partial charge in [-0.1, -0.05) is 0 Å². The maximum absolute atomic E-state index is 11.8. The molecule has 2 rings (SSSR count). The van der Waals surface area contributed by atoms with E-state index in [1.165, 1.54) is 26.4 Å². The summed E-state index contributed by atoms with van der Waals surface area (Å²) in [6.07, 6.45) is 2.59. The van der Waals surface area contributed by atoms with Crippen molar-refractivity contribution in [3.63, 3.8) is 0 Å². The highest BCUT2D eigenvalue weighted by molar-refractivity contribution is 6.23. The van der Waals surface area contributed by atoms with Crippen LogP contribution in [0.4, 0.5) is 0 Å². The van der Waals surface area contributed by atoms with Gasteiger partial charge in [-0.3, -0.25) is 9.59 Å². The van der Waals surface area contributed by atoms with Crippen LogP contribution in [0.2, 0.25) is 0 Å². The van der Waals surface area contributed by atoms with E-state index in [4.69, 9.17) is 9.47 Å². The van der Waals surface area contributed by atoms with Crippen LogP contribution in [0.15, 0.2) is 24.3 Å². The summed E-state index contributed by atoms with van der Waals surface area (Å²) in [5.74, 6) is -0.305. The van der Waals surface area contributed by atoms with Gasteiger partial charge in [-0.2, -0.15) is 0 Å². The molecule has 0 atom stereocenters. The van der Waals surface area contributed by atoms with E-state index in [2.05, 4.69) is 0 Å². The molecular weight excluding hydrogens is 232 g/mol. The Morgan fingerprint density at radius 2 is 1.39 bits per heavy atom. The van der Waals surface area contributed by atoms with Crippen LogP contribution in [0, 0.1) is 6.92 Å². The van der Waals surface area contributed by atoms with Crippen LogP contribution in [-0.4, -0.2) is 25.8 Å². The third kappa shape index (κ3) is 1.90. The van der Waals surface area contributed by atoms with Crippen LogP contribution >= 0.6 is 0 Å². The number of rotatable bonds is 3. The first kappa shape index (κ1) is 12.4. The summed E-state index contributed by atoms with van der Waals surface area (Å²) in [5, 5.41) is 0. The summed E-state index contributed by atoms with van der Waals surface area (Å²) < 4.78 is 10.5. The second-order valence-electron chi connectivity index (χ2n) is 4.15. The Balaban J connectivity index is 2.62. The number of ketones is 2. The van der Waals surface area contributed by atoms with Gasteiger partial charge in [0.15, 0.2) is 11.6 Å². The number of aryl methyl sites for hydroxylation is 1. The normalized spacial score (nSPS) is 15.3. The lowest BCUT2D eigenvalue weighted by molar-refractivity contribution is -0.122. The van der Waals surface area contributed by atoms with Crippen molar-refractivity contribution < 1.29 is 19.1 Å². The van der Waals surface area contributed by atoms with E-state index in [1.807, 2.05) is 6.92 Å². The predicted octanol–water partition coefficient (Wildman–Crippen LogP) is 1.80. The maximum atomic E-state index is 11.8. The number of carbonyl (C=O) groups is 2. The SMILES string of the molecule is COc1cc(C)cc(OC)c1C1C(=O)C=CC1=O. The molecule has 0 aliphatic heterocycles. The van der Waals surface area contributed by atoms with E-state index in [0.29, 0.717) is 17.1 Å². The average Bonchev–Trinajstić information content (AvgIpc) is 2.68. The van der Waals surface area contributed by atoms with E-state index < -0.39 is 5.92 Å². The third-order valence-electron chi connectivity index (χ3n) is 2.96. The van der Waals surface area contributed by atoms with Crippen molar-refractivity contribution in [2.24, 2.45) is 0 Å². The van der Waals surface area contributed by atoms with Gasteiger partial charge < -0.3 is 9.47 Å². The van der Waals surface area contributed by atoms with Gasteiger partial charge in [0.05, 0.1) is 19.8 Å². The third-order valence-corrected chi connectivity index (χ3v) is 2.96. The van der Waals surface area contributed by atoms with Gasteiger partial charge in [-0.05, 0) is 36.8 Å². The number of hydrogen-bond acceptors (Lipinski definition) is 4. The second-order valence-corrected chi connectivity index (χ2v) is 4.15. The Labute approximate surface area is 105 Å². The smallest absolute Gasteiger partial charge is 0.171 e. The van der Waals surface area contributed by atoms with Crippen LogP contribution in [-0.2, 0) is 9.59 Å². The Bertz CT molecular complexity index is 500. The lowest BCUT2D eigenvalue weighted by Crippen LogP contribution is -2.15. The van der Waals surface area contributed by atoms with Crippen molar-refractivity contribution in [2.75, 3.05) is 14.2 Å². The van der Waals surface area contributed by atoms with E-state index in [9.17, 15) is 9.59 Å². The van der Waals surface area contributed by atoms with Crippen molar-refractivity contribution in [1.82, 2.24) is 0 Å². The summed E-state index contributed by atoms with van der Waals surface area (Å²) >= 11 is 0. The molecule has 1 aromatic rings. The van der Waals surface area contributed by atoms with Gasteiger partial charge in [-0.25, -0.2) is 0 Å². The highest BCUT2D eigenvalue weighted by atomic mass is 16.5. The number of carbonyl (C=O) groups excluding carboxylic acids is 2. The number of ether oxygens (including phenoxy) is 2. The van der Waals surface area contributed by atoms with Gasteiger partial charge in [0.1, 0.15) is 17.4 Å². The molecule has 4 heteroatoms. The zero-order valence-electron chi connectivity index (χ0n) is 10.5. The fourth-order valence-electron chi connectivity index (χ4n) is 2.14. The minimum atomic E-state index is -0.838. The highest BCUT2D eigenvalue weighted by Gasteiger charge is 2.34. The number of benzene rings is 1. The minimum absolute atomic E-state index is 0.236. The summed E-state index contributed by atoms with van der Waals surface area (Å²) in [6.45, 7) is 1.89. The lowest BCUT2D eigenvalue weighted by atomic mass is 9.92. The topological polar surface area (TPSA) is 52.6 Å². The quantitative estimate of drug-likeness (QED) is 0.763. The Morgan fingerprint density at radius 3 is 1.78 bits per heavy atom. The summed E-state index contributed by atoms with van der Waals surface area (Å²) in [4.78, 5) is 23.6. The van der Waals surface area contributed by atoms with E-state index in [-0.39, 0.29) is 11.6 Å². The molecule has 1 aromatic carbocycles. The molecular formula is C14H14O4.